The van der Waals surface area contributed by atoms with E-state index in [-0.39, 0.29) is 13.2 Å². The number of carbonyl (C=O) groups excluding carboxylic acids is 3. The number of quaternary nitrogens is 1. The minimum atomic E-state index is -0.747. The number of imide groups is 2. The van der Waals surface area contributed by atoms with Crippen molar-refractivity contribution in [3.05, 3.63) is 48.3 Å². The molecular weight excluding hydrogens is 334 g/mol. The minimum Gasteiger partial charge on any atom is -0.316 e. The fourth-order valence-corrected chi connectivity index (χ4v) is 2.96. The van der Waals surface area contributed by atoms with Crippen LogP contribution in [0.25, 0.3) is 5.69 Å². The zero-order valence-electron chi connectivity index (χ0n) is 14.9. The quantitative estimate of drug-likeness (QED) is 0.561. The predicted molar refractivity (Wildman–Crippen MR) is 93.3 cm³/mol. The molecule has 1 aliphatic heterocycles. The molecule has 4 amide bonds. The van der Waals surface area contributed by atoms with Crippen LogP contribution in [0, 0.1) is 0 Å². The second kappa shape index (κ2) is 7.49. The maximum atomic E-state index is 12.3. The number of benzene rings is 1. The fourth-order valence-electron chi connectivity index (χ4n) is 2.96. The van der Waals surface area contributed by atoms with E-state index in [0.29, 0.717) is 13.0 Å². The molecule has 3 rings (SSSR count). The van der Waals surface area contributed by atoms with E-state index in [9.17, 15) is 14.4 Å². The summed E-state index contributed by atoms with van der Waals surface area (Å²) in [6.45, 7) is 2.84. The van der Waals surface area contributed by atoms with Gasteiger partial charge in [0.25, 0.3) is 0 Å². The number of nitrogens with zero attached hydrogens (tertiary/aromatic N) is 4. The largest absolute Gasteiger partial charge is 0.338 e. The number of aromatic nitrogens is 2. The number of carbonyl (C=O) groups is 3. The summed E-state index contributed by atoms with van der Waals surface area (Å²) in [6.07, 6.45) is 4.31. The van der Waals surface area contributed by atoms with Crippen molar-refractivity contribution >= 4 is 17.8 Å². The molecule has 0 saturated carbocycles. The summed E-state index contributed by atoms with van der Waals surface area (Å²) in [5.74, 6) is -1.48. The van der Waals surface area contributed by atoms with E-state index in [1.165, 1.54) is 0 Å². The number of urea groups is 1. The molecule has 1 aromatic heterocycles. The smallest absolute Gasteiger partial charge is 0.316 e. The van der Waals surface area contributed by atoms with E-state index in [2.05, 4.69) is 5.10 Å². The van der Waals surface area contributed by atoms with Gasteiger partial charge in [0.1, 0.15) is 6.54 Å². The molecule has 1 aliphatic rings. The first-order valence-electron chi connectivity index (χ1n) is 8.59. The van der Waals surface area contributed by atoms with Crippen molar-refractivity contribution in [2.45, 2.75) is 19.9 Å². The molecule has 26 heavy (non-hydrogen) atoms. The van der Waals surface area contributed by atoms with Crippen LogP contribution in [0.4, 0.5) is 4.79 Å². The van der Waals surface area contributed by atoms with Crippen LogP contribution < -0.4 is 4.90 Å². The fraction of sp³-hybridized carbons (Fsp3) is 0.333. The Morgan fingerprint density at radius 3 is 2.42 bits per heavy atom. The molecule has 136 valence electrons. The Kier molecular flexibility index (Phi) is 5.13. The summed E-state index contributed by atoms with van der Waals surface area (Å²) in [7, 11) is 1.87. The van der Waals surface area contributed by atoms with Crippen LogP contribution in [0.5, 0.6) is 0 Å². The van der Waals surface area contributed by atoms with Crippen LogP contribution in [0.1, 0.15) is 18.9 Å². The lowest BCUT2D eigenvalue weighted by atomic mass is 10.3. The van der Waals surface area contributed by atoms with Crippen LogP contribution in [0.2, 0.25) is 0 Å². The third kappa shape index (κ3) is 3.50. The molecule has 1 unspecified atom stereocenters. The number of para-hydroxylation sites is 1. The van der Waals surface area contributed by atoms with Crippen molar-refractivity contribution in [3.63, 3.8) is 0 Å². The lowest BCUT2D eigenvalue weighted by molar-refractivity contribution is -0.901. The molecule has 2 heterocycles. The maximum Gasteiger partial charge on any atom is 0.338 e. The topological polar surface area (TPSA) is 80.0 Å². The van der Waals surface area contributed by atoms with Gasteiger partial charge in [0.05, 0.1) is 18.9 Å². The monoisotopic (exact) mass is 356 g/mol. The van der Waals surface area contributed by atoms with Gasteiger partial charge >= 0.3 is 17.8 Å². The highest BCUT2D eigenvalue weighted by atomic mass is 16.2. The van der Waals surface area contributed by atoms with Gasteiger partial charge in [0.2, 0.25) is 0 Å². The SMILES string of the molecule is CCCN1C(=O)C(=O)N(C[NH+](C)Cc2cnn(-c3ccccc3)c2)C1=O. The minimum absolute atomic E-state index is 0.139. The van der Waals surface area contributed by atoms with Crippen molar-refractivity contribution in [1.29, 1.82) is 0 Å². The molecule has 0 radical (unpaired) electrons. The Labute approximate surface area is 151 Å². The average molecular weight is 356 g/mol. The highest BCUT2D eigenvalue weighted by molar-refractivity contribution is 6.44. The van der Waals surface area contributed by atoms with Crippen molar-refractivity contribution in [1.82, 2.24) is 19.6 Å². The standard InChI is InChI=1S/C18H21N5O3/c1-3-9-21-16(24)17(25)22(18(21)26)13-20(2)11-14-10-19-23(12-14)15-7-5-4-6-8-15/h4-8,10,12H,3,9,11,13H2,1-2H3/p+1. The third-order valence-corrected chi connectivity index (χ3v) is 4.17. The average Bonchev–Trinajstić information content (AvgIpc) is 3.18. The van der Waals surface area contributed by atoms with Gasteiger partial charge in [-0.1, -0.05) is 25.1 Å². The molecule has 8 heteroatoms. The molecule has 0 bridgehead atoms. The van der Waals surface area contributed by atoms with Crippen molar-refractivity contribution in [2.75, 3.05) is 20.3 Å². The summed E-state index contributed by atoms with van der Waals surface area (Å²) < 4.78 is 1.78. The molecule has 1 saturated heterocycles. The Morgan fingerprint density at radius 1 is 1.04 bits per heavy atom. The second-order valence-corrected chi connectivity index (χ2v) is 6.39. The van der Waals surface area contributed by atoms with Crippen molar-refractivity contribution in [2.24, 2.45) is 0 Å². The summed E-state index contributed by atoms with van der Waals surface area (Å²) >= 11 is 0. The van der Waals surface area contributed by atoms with Crippen LogP contribution in [-0.2, 0) is 16.1 Å². The first-order valence-corrected chi connectivity index (χ1v) is 8.59. The highest BCUT2D eigenvalue weighted by Crippen LogP contribution is 2.11. The number of hydrogen-bond acceptors (Lipinski definition) is 4. The molecule has 1 atom stereocenters. The van der Waals surface area contributed by atoms with Gasteiger partial charge in [-0.25, -0.2) is 14.4 Å². The van der Waals surface area contributed by atoms with Crippen molar-refractivity contribution in [3.8, 4) is 5.69 Å². The van der Waals surface area contributed by atoms with Gasteiger partial charge in [-0.2, -0.15) is 5.10 Å². The first-order chi connectivity index (χ1) is 12.5. The summed E-state index contributed by atoms with van der Waals surface area (Å²) in [4.78, 5) is 39.2. The number of nitrogens with one attached hydrogen (secondary N) is 1. The molecular formula is C18H22N5O3+. The first kappa shape index (κ1) is 17.8. The van der Waals surface area contributed by atoms with Gasteiger partial charge in [-0.15, -0.1) is 0 Å². The van der Waals surface area contributed by atoms with E-state index in [1.54, 1.807) is 10.9 Å². The van der Waals surface area contributed by atoms with E-state index >= 15 is 0 Å². The van der Waals surface area contributed by atoms with Crippen LogP contribution in [0.15, 0.2) is 42.7 Å². The van der Waals surface area contributed by atoms with Crippen molar-refractivity contribution < 1.29 is 19.3 Å². The van der Waals surface area contributed by atoms with Gasteiger partial charge in [0.15, 0.2) is 6.67 Å². The molecule has 2 aromatic rings. The second-order valence-electron chi connectivity index (χ2n) is 6.39. The van der Waals surface area contributed by atoms with E-state index in [0.717, 1.165) is 26.0 Å². The summed E-state index contributed by atoms with van der Waals surface area (Å²) in [5.41, 5.74) is 1.93. The van der Waals surface area contributed by atoms with Gasteiger partial charge in [-0.05, 0) is 18.6 Å². The van der Waals surface area contributed by atoms with Gasteiger partial charge in [-0.3, -0.25) is 14.5 Å². The van der Waals surface area contributed by atoms with Gasteiger partial charge in [0, 0.05) is 18.3 Å². The predicted octanol–water partition coefficient (Wildman–Crippen LogP) is 0.0453. The number of amides is 4. The Morgan fingerprint density at radius 2 is 1.73 bits per heavy atom. The Bertz CT molecular complexity index is 817. The highest BCUT2D eigenvalue weighted by Gasteiger charge is 2.45. The zero-order valence-corrected chi connectivity index (χ0v) is 14.9. The van der Waals surface area contributed by atoms with E-state index < -0.39 is 17.8 Å². The summed E-state index contributed by atoms with van der Waals surface area (Å²) in [5, 5.41) is 4.34. The molecule has 0 spiro atoms. The van der Waals surface area contributed by atoms with Crippen LogP contribution >= 0.6 is 0 Å². The molecule has 1 N–H and O–H groups in total. The number of rotatable bonds is 7. The van der Waals surface area contributed by atoms with Crippen LogP contribution in [0.3, 0.4) is 0 Å². The van der Waals surface area contributed by atoms with E-state index in [1.807, 2.05) is 50.5 Å². The lowest BCUT2D eigenvalue weighted by Crippen LogP contribution is -3.09. The molecule has 0 aliphatic carbocycles. The van der Waals surface area contributed by atoms with Crippen LogP contribution in [-0.4, -0.2) is 57.7 Å². The number of hydrogen-bond donors (Lipinski definition) is 1. The third-order valence-electron chi connectivity index (χ3n) is 4.17. The lowest BCUT2D eigenvalue weighted by Gasteiger charge is -2.19. The Balaban J connectivity index is 1.63. The van der Waals surface area contributed by atoms with E-state index in [4.69, 9.17) is 0 Å². The van der Waals surface area contributed by atoms with Gasteiger partial charge < -0.3 is 4.90 Å². The maximum absolute atomic E-state index is 12.3. The molecule has 1 fully saturated rings. The normalized spacial score (nSPS) is 15.8. The summed E-state index contributed by atoms with van der Waals surface area (Å²) in [6, 6.07) is 9.22. The zero-order chi connectivity index (χ0) is 18.7. The molecule has 1 aromatic carbocycles. The molecule has 8 nitrogen and oxygen atoms in total. The Hall–Kier alpha value is -3.00.